The average Bonchev–Trinajstić information content (AvgIpc) is 2.51. The molecule has 1 N–H and O–H groups in total. The number of hydrogen-bond acceptors (Lipinski definition) is 4. The molecule has 0 aliphatic heterocycles. The van der Waals surface area contributed by atoms with Gasteiger partial charge in [0.2, 0.25) is 0 Å². The average molecular weight is 304 g/mol. The molecule has 1 aromatic rings. The standard InChI is InChI=1S/C15H20N4O3/c1-12(20)4-2-11-22-14-7-5-13(6-8-14)15(21)17-9-3-10-18-19-16/h5-8H,2-4,9-11H2,1H3,(H,17,21). The molecule has 0 saturated heterocycles. The molecule has 1 rings (SSSR count). The first-order valence-electron chi connectivity index (χ1n) is 7.15. The first-order chi connectivity index (χ1) is 10.6. The summed E-state index contributed by atoms with van der Waals surface area (Å²) in [5, 5.41) is 6.13. The van der Waals surface area contributed by atoms with Crippen molar-refractivity contribution in [2.75, 3.05) is 19.7 Å². The Kier molecular flexibility index (Phi) is 8.15. The van der Waals surface area contributed by atoms with Gasteiger partial charge in [-0.25, -0.2) is 0 Å². The van der Waals surface area contributed by atoms with Gasteiger partial charge in [0, 0.05) is 30.0 Å². The molecular formula is C15H20N4O3. The fourth-order valence-corrected chi connectivity index (χ4v) is 1.71. The van der Waals surface area contributed by atoms with E-state index in [1.54, 1.807) is 31.2 Å². The Bertz CT molecular complexity index is 536. The minimum atomic E-state index is -0.177. The predicted molar refractivity (Wildman–Crippen MR) is 82.8 cm³/mol. The van der Waals surface area contributed by atoms with E-state index in [-0.39, 0.29) is 11.7 Å². The number of carbonyl (C=O) groups excluding carboxylic acids is 2. The van der Waals surface area contributed by atoms with Gasteiger partial charge in [-0.3, -0.25) is 4.79 Å². The van der Waals surface area contributed by atoms with Crippen LogP contribution in [0.2, 0.25) is 0 Å². The monoisotopic (exact) mass is 304 g/mol. The van der Waals surface area contributed by atoms with Crippen molar-refractivity contribution in [3.8, 4) is 5.75 Å². The Morgan fingerprint density at radius 1 is 1.27 bits per heavy atom. The van der Waals surface area contributed by atoms with Crippen LogP contribution in [0, 0.1) is 0 Å². The van der Waals surface area contributed by atoms with E-state index in [4.69, 9.17) is 10.3 Å². The van der Waals surface area contributed by atoms with E-state index in [0.29, 0.717) is 50.3 Å². The molecular weight excluding hydrogens is 284 g/mol. The van der Waals surface area contributed by atoms with E-state index >= 15 is 0 Å². The summed E-state index contributed by atoms with van der Waals surface area (Å²) >= 11 is 0. The number of benzene rings is 1. The number of nitrogens with zero attached hydrogens (tertiary/aromatic N) is 3. The van der Waals surface area contributed by atoms with E-state index in [0.717, 1.165) is 0 Å². The first kappa shape index (κ1) is 17.5. The van der Waals surface area contributed by atoms with Gasteiger partial charge in [0.05, 0.1) is 6.61 Å². The van der Waals surface area contributed by atoms with Crippen molar-refractivity contribution in [3.63, 3.8) is 0 Å². The van der Waals surface area contributed by atoms with Crippen molar-refractivity contribution < 1.29 is 14.3 Å². The Labute approximate surface area is 129 Å². The van der Waals surface area contributed by atoms with Crippen molar-refractivity contribution in [3.05, 3.63) is 40.3 Å². The maximum atomic E-state index is 11.8. The molecule has 0 radical (unpaired) electrons. The Hall–Kier alpha value is -2.53. The number of amides is 1. The molecule has 0 bridgehead atoms. The molecule has 0 fully saturated rings. The molecule has 0 spiro atoms. The van der Waals surface area contributed by atoms with Gasteiger partial charge in [0.25, 0.3) is 5.91 Å². The summed E-state index contributed by atoms with van der Waals surface area (Å²) < 4.78 is 5.49. The molecule has 118 valence electrons. The lowest BCUT2D eigenvalue weighted by molar-refractivity contribution is -0.117. The largest absolute Gasteiger partial charge is 0.494 e. The van der Waals surface area contributed by atoms with Crippen molar-refractivity contribution in [1.29, 1.82) is 0 Å². The minimum Gasteiger partial charge on any atom is -0.494 e. The number of rotatable bonds is 10. The zero-order valence-corrected chi connectivity index (χ0v) is 12.6. The zero-order valence-electron chi connectivity index (χ0n) is 12.6. The number of hydrogen-bond donors (Lipinski definition) is 1. The Balaban J connectivity index is 2.32. The molecule has 7 nitrogen and oxygen atoms in total. The molecule has 0 atom stereocenters. The van der Waals surface area contributed by atoms with Crippen molar-refractivity contribution in [2.45, 2.75) is 26.2 Å². The quantitative estimate of drug-likeness (QED) is 0.311. The van der Waals surface area contributed by atoms with Crippen LogP contribution >= 0.6 is 0 Å². The third-order valence-corrected chi connectivity index (χ3v) is 2.84. The van der Waals surface area contributed by atoms with Crippen LogP contribution in [0.1, 0.15) is 36.5 Å². The second-order valence-corrected chi connectivity index (χ2v) is 4.74. The Morgan fingerprint density at radius 2 is 2.00 bits per heavy atom. The van der Waals surface area contributed by atoms with E-state index < -0.39 is 0 Å². The normalized spacial score (nSPS) is 9.68. The van der Waals surface area contributed by atoms with E-state index in [1.165, 1.54) is 0 Å². The highest BCUT2D eigenvalue weighted by molar-refractivity contribution is 5.94. The zero-order chi connectivity index (χ0) is 16.2. The first-order valence-corrected chi connectivity index (χ1v) is 7.15. The number of carbonyl (C=O) groups is 2. The number of nitrogens with one attached hydrogen (secondary N) is 1. The minimum absolute atomic E-state index is 0.149. The topological polar surface area (TPSA) is 104 Å². The van der Waals surface area contributed by atoms with Crippen molar-refractivity contribution >= 4 is 11.7 Å². The molecule has 0 saturated carbocycles. The number of ether oxygens (including phenoxy) is 1. The van der Waals surface area contributed by atoms with Crippen LogP contribution in [0.3, 0.4) is 0 Å². The summed E-state index contributed by atoms with van der Waals surface area (Å²) in [4.78, 5) is 25.3. The van der Waals surface area contributed by atoms with E-state index in [2.05, 4.69) is 15.3 Å². The van der Waals surface area contributed by atoms with E-state index in [1.807, 2.05) is 0 Å². The molecule has 7 heteroatoms. The lowest BCUT2D eigenvalue weighted by Gasteiger charge is -2.07. The highest BCUT2D eigenvalue weighted by Crippen LogP contribution is 2.12. The lowest BCUT2D eigenvalue weighted by atomic mass is 10.2. The third kappa shape index (κ3) is 7.31. The van der Waals surface area contributed by atoms with Crippen molar-refractivity contribution in [1.82, 2.24) is 5.32 Å². The van der Waals surface area contributed by atoms with Gasteiger partial charge in [0.1, 0.15) is 11.5 Å². The summed E-state index contributed by atoms with van der Waals surface area (Å²) in [6.45, 7) is 2.86. The molecule has 0 heterocycles. The number of Topliss-reactive ketones (excluding diaryl/α,β-unsaturated/α-hetero) is 1. The van der Waals surface area contributed by atoms with Gasteiger partial charge >= 0.3 is 0 Å². The highest BCUT2D eigenvalue weighted by atomic mass is 16.5. The van der Waals surface area contributed by atoms with Crippen LogP contribution in [0.4, 0.5) is 0 Å². The SMILES string of the molecule is CC(=O)CCCOc1ccc(C(=O)NCCCN=[N+]=[N-])cc1. The summed E-state index contributed by atoms with van der Waals surface area (Å²) in [5.41, 5.74) is 8.67. The van der Waals surface area contributed by atoms with Crippen molar-refractivity contribution in [2.24, 2.45) is 5.11 Å². The molecule has 22 heavy (non-hydrogen) atoms. The molecule has 1 amide bonds. The summed E-state index contributed by atoms with van der Waals surface area (Å²) in [5.74, 6) is 0.642. The van der Waals surface area contributed by atoms with Gasteiger partial charge < -0.3 is 14.8 Å². The van der Waals surface area contributed by atoms with Crippen LogP contribution < -0.4 is 10.1 Å². The molecule has 1 aromatic carbocycles. The third-order valence-electron chi connectivity index (χ3n) is 2.84. The number of azide groups is 1. The summed E-state index contributed by atoms with van der Waals surface area (Å²) in [6, 6.07) is 6.82. The van der Waals surface area contributed by atoms with Gasteiger partial charge in [0.15, 0.2) is 0 Å². The predicted octanol–water partition coefficient (Wildman–Crippen LogP) is 2.86. The highest BCUT2D eigenvalue weighted by Gasteiger charge is 2.04. The maximum Gasteiger partial charge on any atom is 0.251 e. The molecule has 0 unspecified atom stereocenters. The summed E-state index contributed by atoms with van der Waals surface area (Å²) in [6.07, 6.45) is 1.80. The molecule has 0 aliphatic carbocycles. The van der Waals surface area contributed by atoms with Crippen LogP contribution in [0.15, 0.2) is 29.4 Å². The van der Waals surface area contributed by atoms with Gasteiger partial charge in [-0.05, 0) is 49.6 Å². The number of ketones is 1. The second kappa shape index (κ2) is 10.2. The Morgan fingerprint density at radius 3 is 2.64 bits per heavy atom. The molecule has 0 aromatic heterocycles. The van der Waals surface area contributed by atoms with E-state index in [9.17, 15) is 9.59 Å². The fraction of sp³-hybridized carbons (Fsp3) is 0.467. The van der Waals surface area contributed by atoms with Gasteiger partial charge in [-0.1, -0.05) is 5.11 Å². The smallest absolute Gasteiger partial charge is 0.251 e. The van der Waals surface area contributed by atoms with Crippen LogP contribution in [-0.4, -0.2) is 31.4 Å². The second-order valence-electron chi connectivity index (χ2n) is 4.74. The maximum absolute atomic E-state index is 11.8. The van der Waals surface area contributed by atoms with Crippen LogP contribution in [0.5, 0.6) is 5.75 Å². The summed E-state index contributed by atoms with van der Waals surface area (Å²) in [7, 11) is 0. The van der Waals surface area contributed by atoms with Crippen LogP contribution in [-0.2, 0) is 4.79 Å². The lowest BCUT2D eigenvalue weighted by Crippen LogP contribution is -2.24. The van der Waals surface area contributed by atoms with Gasteiger partial charge in [-0.15, -0.1) is 0 Å². The van der Waals surface area contributed by atoms with Crippen LogP contribution in [0.25, 0.3) is 10.4 Å². The van der Waals surface area contributed by atoms with Gasteiger partial charge in [-0.2, -0.15) is 0 Å². The molecule has 0 aliphatic rings. The fourth-order valence-electron chi connectivity index (χ4n) is 1.71.